The van der Waals surface area contributed by atoms with E-state index in [-0.39, 0.29) is 38.8 Å². The first-order chi connectivity index (χ1) is 5.81. The fourth-order valence-corrected chi connectivity index (χ4v) is 2.24. The van der Waals surface area contributed by atoms with E-state index >= 15 is 0 Å². The van der Waals surface area contributed by atoms with Gasteiger partial charge in [-0.05, 0) is 19.3 Å². The van der Waals surface area contributed by atoms with Crippen molar-refractivity contribution < 1.29 is 9.59 Å². The molecule has 2 aliphatic heterocycles. The first kappa shape index (κ1) is 13.8. The maximum atomic E-state index is 11.2. The second-order valence-corrected chi connectivity index (χ2v) is 3.70. The van der Waals surface area contributed by atoms with Gasteiger partial charge in [-0.25, -0.2) is 0 Å². The molecule has 0 aromatic carbocycles. The van der Waals surface area contributed by atoms with Crippen LogP contribution in [0.25, 0.3) is 0 Å². The third kappa shape index (κ3) is 2.45. The van der Waals surface area contributed by atoms with Crippen LogP contribution in [0, 0.1) is 5.92 Å². The highest BCUT2D eigenvalue weighted by Crippen LogP contribution is 2.29. The van der Waals surface area contributed by atoms with Crippen molar-refractivity contribution >= 4 is 39.2 Å². The number of carbonyl (C=O) groups excluding carboxylic acids is 2. The molecule has 2 aliphatic rings. The number of amides is 1. The third-order valence-electron chi connectivity index (χ3n) is 2.96. The lowest BCUT2D eigenvalue weighted by atomic mass is 9.92. The molecule has 2 fully saturated rings. The highest BCUT2D eigenvalue weighted by Gasteiger charge is 2.35. The lowest BCUT2D eigenvalue weighted by Crippen LogP contribution is -2.40. The number of piperidine rings is 1. The Balaban J connectivity index is 0.000000845. The van der Waals surface area contributed by atoms with Crippen LogP contribution in [0.4, 0.5) is 0 Å². The van der Waals surface area contributed by atoms with Crippen LogP contribution in [0.2, 0.25) is 0 Å². The molecule has 3 nitrogen and oxygen atoms in total. The van der Waals surface area contributed by atoms with E-state index in [2.05, 4.69) is 0 Å². The van der Waals surface area contributed by atoms with Gasteiger partial charge in [0.2, 0.25) is 5.91 Å². The van der Waals surface area contributed by atoms with Crippen molar-refractivity contribution in [2.45, 2.75) is 31.7 Å². The van der Waals surface area contributed by atoms with Crippen molar-refractivity contribution in [2.75, 3.05) is 6.54 Å². The first-order valence-corrected chi connectivity index (χ1v) is 4.56. The molecule has 0 bridgehead atoms. The minimum atomic E-state index is 0. The topological polar surface area (TPSA) is 37.4 Å². The second-order valence-electron chi connectivity index (χ2n) is 3.70. The van der Waals surface area contributed by atoms with Gasteiger partial charge in [0.1, 0.15) is 6.29 Å². The molecule has 0 saturated carbocycles. The fourth-order valence-electron chi connectivity index (χ4n) is 2.24. The molecular formula is C9H17NO2S2. The van der Waals surface area contributed by atoms with Gasteiger partial charge in [0, 0.05) is 24.9 Å². The Morgan fingerprint density at radius 1 is 1.29 bits per heavy atom. The van der Waals surface area contributed by atoms with Crippen LogP contribution in [0.3, 0.4) is 0 Å². The number of fused-ring (bicyclic) bond motifs is 1. The zero-order valence-corrected chi connectivity index (χ0v) is 10.0. The van der Waals surface area contributed by atoms with E-state index in [9.17, 15) is 9.59 Å². The summed E-state index contributed by atoms with van der Waals surface area (Å²) in [5.74, 6) is 0.487. The molecule has 0 radical (unpaired) electrons. The summed E-state index contributed by atoms with van der Waals surface area (Å²) in [6, 6.07) is 0.376. The summed E-state index contributed by atoms with van der Waals surface area (Å²) >= 11 is 0. The second kappa shape index (κ2) is 5.66. The van der Waals surface area contributed by atoms with Gasteiger partial charge in [0.05, 0.1) is 0 Å². The predicted molar refractivity (Wildman–Crippen MR) is 64.3 cm³/mol. The fraction of sp³-hybridized carbons (Fsp3) is 0.778. The summed E-state index contributed by atoms with van der Waals surface area (Å²) in [6.07, 6.45) is 4.46. The van der Waals surface area contributed by atoms with Gasteiger partial charge in [-0.2, -0.15) is 27.0 Å². The molecule has 0 aliphatic carbocycles. The zero-order chi connectivity index (χ0) is 8.55. The first-order valence-electron chi connectivity index (χ1n) is 4.56. The van der Waals surface area contributed by atoms with Gasteiger partial charge in [-0.1, -0.05) is 0 Å². The van der Waals surface area contributed by atoms with E-state index in [0.717, 1.165) is 32.1 Å². The van der Waals surface area contributed by atoms with Gasteiger partial charge < -0.3 is 9.69 Å². The molecular weight excluding hydrogens is 218 g/mol. The number of hydrogen-bond donors (Lipinski definition) is 0. The Morgan fingerprint density at radius 3 is 2.64 bits per heavy atom. The summed E-state index contributed by atoms with van der Waals surface area (Å²) in [6.45, 7) is 0.799. The molecule has 2 atom stereocenters. The summed E-state index contributed by atoms with van der Waals surface area (Å²) in [7, 11) is 0. The normalized spacial score (nSPS) is 30.0. The average Bonchev–Trinajstić information content (AvgIpc) is 2.47. The number of rotatable bonds is 1. The lowest BCUT2D eigenvalue weighted by molar-refractivity contribution is -0.131. The van der Waals surface area contributed by atoms with Gasteiger partial charge in [0.25, 0.3) is 0 Å². The van der Waals surface area contributed by atoms with Gasteiger partial charge in [-0.3, -0.25) is 4.79 Å². The van der Waals surface area contributed by atoms with E-state index in [1.807, 2.05) is 4.90 Å². The number of nitrogens with zero attached hydrogens (tertiary/aromatic N) is 1. The SMILES string of the molecule is O=C[C@H]1CCN2C(=O)CC[C@H]2C1.S.S. The minimum absolute atomic E-state index is 0. The third-order valence-corrected chi connectivity index (χ3v) is 2.96. The summed E-state index contributed by atoms with van der Waals surface area (Å²) < 4.78 is 0. The van der Waals surface area contributed by atoms with Crippen LogP contribution in [-0.2, 0) is 9.59 Å². The molecule has 0 aromatic heterocycles. The van der Waals surface area contributed by atoms with Crippen molar-refractivity contribution in [3.05, 3.63) is 0 Å². The summed E-state index contributed by atoms with van der Waals surface area (Å²) in [4.78, 5) is 23.7. The largest absolute Gasteiger partial charge is 0.340 e. The Morgan fingerprint density at radius 2 is 2.00 bits per heavy atom. The standard InChI is InChI=1S/C9H13NO2.2H2S/c11-6-7-3-4-10-8(5-7)1-2-9(10)12;;/h6-8H,1-5H2;2*1H2/t7-,8-;;/m0../s1. The molecule has 2 saturated heterocycles. The highest BCUT2D eigenvalue weighted by molar-refractivity contribution is 7.59. The molecule has 1 amide bonds. The average molecular weight is 235 g/mol. The molecule has 2 rings (SSSR count). The number of hydrogen-bond acceptors (Lipinski definition) is 2. The molecule has 0 aromatic rings. The van der Waals surface area contributed by atoms with Crippen molar-refractivity contribution in [2.24, 2.45) is 5.92 Å². The summed E-state index contributed by atoms with van der Waals surface area (Å²) in [5.41, 5.74) is 0. The van der Waals surface area contributed by atoms with Crippen LogP contribution in [0.15, 0.2) is 0 Å². The van der Waals surface area contributed by atoms with Gasteiger partial charge in [0.15, 0.2) is 0 Å². The highest BCUT2D eigenvalue weighted by atomic mass is 32.1. The van der Waals surface area contributed by atoms with E-state index in [4.69, 9.17) is 0 Å². The van der Waals surface area contributed by atoms with Crippen molar-refractivity contribution in [1.82, 2.24) is 4.90 Å². The predicted octanol–water partition coefficient (Wildman–Crippen LogP) is 0.812. The van der Waals surface area contributed by atoms with E-state index in [1.165, 1.54) is 0 Å². The number of aldehydes is 1. The van der Waals surface area contributed by atoms with Crippen molar-refractivity contribution in [1.29, 1.82) is 0 Å². The maximum Gasteiger partial charge on any atom is 0.222 e. The maximum absolute atomic E-state index is 11.2. The van der Waals surface area contributed by atoms with Crippen LogP contribution >= 0.6 is 27.0 Å². The van der Waals surface area contributed by atoms with Gasteiger partial charge in [-0.15, -0.1) is 0 Å². The van der Waals surface area contributed by atoms with Gasteiger partial charge >= 0.3 is 0 Å². The van der Waals surface area contributed by atoms with Crippen LogP contribution in [-0.4, -0.2) is 29.7 Å². The Kier molecular flexibility index (Phi) is 5.59. The Hall–Kier alpha value is -0.160. The monoisotopic (exact) mass is 235 g/mol. The Labute approximate surface area is 98.1 Å². The Bertz CT molecular complexity index is 223. The van der Waals surface area contributed by atoms with Crippen LogP contribution < -0.4 is 0 Å². The quantitative estimate of drug-likeness (QED) is 0.631. The zero-order valence-electron chi connectivity index (χ0n) is 8.03. The molecule has 5 heteroatoms. The summed E-state index contributed by atoms with van der Waals surface area (Å²) in [5, 5.41) is 0. The van der Waals surface area contributed by atoms with Crippen LogP contribution in [0.1, 0.15) is 25.7 Å². The molecule has 14 heavy (non-hydrogen) atoms. The lowest BCUT2D eigenvalue weighted by Gasteiger charge is -2.32. The molecule has 82 valence electrons. The van der Waals surface area contributed by atoms with Crippen LogP contribution in [0.5, 0.6) is 0 Å². The van der Waals surface area contributed by atoms with E-state index in [0.29, 0.717) is 12.5 Å². The van der Waals surface area contributed by atoms with E-state index in [1.54, 1.807) is 0 Å². The molecule has 0 unspecified atom stereocenters. The van der Waals surface area contributed by atoms with E-state index < -0.39 is 0 Å². The minimum Gasteiger partial charge on any atom is -0.340 e. The molecule has 2 heterocycles. The smallest absolute Gasteiger partial charge is 0.222 e. The van der Waals surface area contributed by atoms with Crippen molar-refractivity contribution in [3.8, 4) is 0 Å². The number of carbonyl (C=O) groups is 2. The molecule has 0 N–H and O–H groups in total. The molecule has 0 spiro atoms. The van der Waals surface area contributed by atoms with Crippen molar-refractivity contribution in [3.63, 3.8) is 0 Å².